The molecule has 27 heavy (non-hydrogen) atoms. The first kappa shape index (κ1) is 18.2. The first-order valence-corrected chi connectivity index (χ1v) is 7.82. The fourth-order valence-corrected chi connectivity index (χ4v) is 2.35. The maximum atomic E-state index is 12.7. The van der Waals surface area contributed by atoms with Crippen molar-refractivity contribution >= 4 is 17.6 Å². The Labute approximate surface area is 151 Å². The molecular weight excluding hydrogens is 359 g/mol. The lowest BCUT2D eigenvalue weighted by molar-refractivity contribution is -0.366. The number of nitrogens with two attached hydrogens (primary N) is 1. The summed E-state index contributed by atoms with van der Waals surface area (Å²) in [5.74, 6) is -0.509. The highest BCUT2D eigenvalue weighted by Gasteiger charge is 2.35. The SMILES string of the molecule is NC(Nc1ccc(-c2ccccc2)cc1)=[NH+]c1nc(C(F)(F)F)cc(=O)[nH]1. The molecule has 0 amide bonds. The Balaban J connectivity index is 1.78. The van der Waals surface area contributed by atoms with Crippen molar-refractivity contribution in [3.05, 3.63) is 76.7 Å². The van der Waals surface area contributed by atoms with E-state index in [4.69, 9.17) is 5.73 Å². The normalized spacial score (nSPS) is 12.0. The zero-order valence-corrected chi connectivity index (χ0v) is 13.8. The average Bonchev–Trinajstić information content (AvgIpc) is 2.62. The van der Waals surface area contributed by atoms with E-state index < -0.39 is 23.4 Å². The molecule has 0 fully saturated rings. The fraction of sp³-hybridized carbons (Fsp3) is 0.0556. The van der Waals surface area contributed by atoms with Crippen LogP contribution < -0.4 is 21.6 Å². The van der Waals surface area contributed by atoms with Crippen molar-refractivity contribution in [3.63, 3.8) is 0 Å². The molecule has 0 saturated carbocycles. The number of aromatic nitrogens is 2. The van der Waals surface area contributed by atoms with Crippen LogP contribution in [-0.2, 0) is 6.18 Å². The van der Waals surface area contributed by atoms with Crippen LogP contribution in [0.2, 0.25) is 0 Å². The van der Waals surface area contributed by atoms with Crippen LogP contribution in [0.1, 0.15) is 5.69 Å². The summed E-state index contributed by atoms with van der Waals surface area (Å²) in [7, 11) is 0. The van der Waals surface area contributed by atoms with Crippen LogP contribution in [0, 0.1) is 0 Å². The van der Waals surface area contributed by atoms with E-state index in [2.05, 4.69) is 20.3 Å². The summed E-state index contributed by atoms with van der Waals surface area (Å²) in [5, 5.41) is 2.79. The lowest BCUT2D eigenvalue weighted by Gasteiger charge is -2.05. The molecule has 0 unspecified atom stereocenters. The molecule has 0 aliphatic rings. The Morgan fingerprint density at radius 2 is 1.67 bits per heavy atom. The molecule has 0 bridgehead atoms. The van der Waals surface area contributed by atoms with Crippen molar-refractivity contribution < 1.29 is 18.2 Å². The van der Waals surface area contributed by atoms with Crippen molar-refractivity contribution in [2.24, 2.45) is 5.73 Å². The predicted octanol–water partition coefficient (Wildman–Crippen LogP) is 1.59. The first-order valence-electron chi connectivity index (χ1n) is 7.82. The second-order valence-electron chi connectivity index (χ2n) is 5.58. The van der Waals surface area contributed by atoms with E-state index in [0.717, 1.165) is 11.1 Å². The van der Waals surface area contributed by atoms with Gasteiger partial charge in [-0.15, -0.1) is 4.98 Å². The zero-order valence-electron chi connectivity index (χ0n) is 13.8. The molecule has 0 aliphatic heterocycles. The van der Waals surface area contributed by atoms with E-state index in [-0.39, 0.29) is 5.96 Å². The molecule has 0 atom stereocenters. The number of hydrogen-bond acceptors (Lipinski definition) is 2. The largest absolute Gasteiger partial charge is 0.443 e. The number of H-pyrrole nitrogens is 1. The third-order valence-corrected chi connectivity index (χ3v) is 3.56. The van der Waals surface area contributed by atoms with Crippen molar-refractivity contribution in [2.75, 3.05) is 5.32 Å². The number of halogens is 3. The molecule has 0 saturated heterocycles. The lowest BCUT2D eigenvalue weighted by Crippen LogP contribution is -2.73. The minimum atomic E-state index is -4.74. The third-order valence-electron chi connectivity index (χ3n) is 3.56. The van der Waals surface area contributed by atoms with Gasteiger partial charge in [-0.2, -0.15) is 13.2 Å². The van der Waals surface area contributed by atoms with Crippen LogP contribution in [0.15, 0.2) is 65.5 Å². The third kappa shape index (κ3) is 4.72. The second-order valence-corrected chi connectivity index (χ2v) is 5.58. The van der Waals surface area contributed by atoms with Gasteiger partial charge in [0.25, 0.3) is 11.5 Å². The van der Waals surface area contributed by atoms with Gasteiger partial charge in [0.1, 0.15) is 0 Å². The summed E-state index contributed by atoms with van der Waals surface area (Å²) >= 11 is 0. The highest BCUT2D eigenvalue weighted by Crippen LogP contribution is 2.26. The molecular formula is C18H15F3N5O+. The van der Waals surface area contributed by atoms with Crippen molar-refractivity contribution in [3.8, 4) is 11.1 Å². The topological polar surface area (TPSA) is 97.8 Å². The number of aromatic amines is 1. The van der Waals surface area contributed by atoms with E-state index in [1.54, 1.807) is 12.1 Å². The molecule has 6 nitrogen and oxygen atoms in total. The predicted molar refractivity (Wildman–Crippen MR) is 95.2 cm³/mol. The van der Waals surface area contributed by atoms with Crippen LogP contribution in [0.5, 0.6) is 0 Å². The summed E-state index contributed by atoms with van der Waals surface area (Å²) < 4.78 is 38.1. The van der Waals surface area contributed by atoms with Crippen molar-refractivity contribution in [1.82, 2.24) is 9.97 Å². The Kier molecular flexibility index (Phi) is 4.93. The Morgan fingerprint density at radius 1 is 1.04 bits per heavy atom. The van der Waals surface area contributed by atoms with Gasteiger partial charge in [-0.1, -0.05) is 42.5 Å². The standard InChI is InChI=1S/C18H14F3N5O/c19-18(20,21)14-10-15(27)25-17(24-14)26-16(22)23-13-8-6-12(7-9-13)11-4-2-1-3-5-11/h1-10H,(H4,22,23,24,25,26,27)/p+1. The molecule has 1 heterocycles. The monoisotopic (exact) mass is 374 g/mol. The van der Waals surface area contributed by atoms with Gasteiger partial charge >= 0.3 is 12.1 Å². The van der Waals surface area contributed by atoms with Crippen LogP contribution in [0.25, 0.3) is 11.1 Å². The van der Waals surface area contributed by atoms with Gasteiger partial charge in [-0.05, 0) is 23.3 Å². The molecule has 0 aliphatic carbocycles. The van der Waals surface area contributed by atoms with Crippen molar-refractivity contribution in [2.45, 2.75) is 6.18 Å². The van der Waals surface area contributed by atoms with Gasteiger partial charge in [0.15, 0.2) is 5.69 Å². The molecule has 138 valence electrons. The number of rotatable bonds is 3. The average molecular weight is 374 g/mol. The van der Waals surface area contributed by atoms with Gasteiger partial charge in [-0.25, -0.2) is 9.98 Å². The number of nitrogens with one attached hydrogen (secondary N) is 3. The Bertz CT molecular complexity index is 1010. The van der Waals surface area contributed by atoms with Gasteiger partial charge in [0.05, 0.1) is 11.8 Å². The fourth-order valence-electron chi connectivity index (χ4n) is 2.35. The lowest BCUT2D eigenvalue weighted by atomic mass is 10.1. The number of hydrogen-bond donors (Lipinski definition) is 4. The second kappa shape index (κ2) is 7.32. The molecule has 0 spiro atoms. The van der Waals surface area contributed by atoms with Crippen LogP contribution >= 0.6 is 0 Å². The van der Waals surface area contributed by atoms with E-state index in [1.807, 2.05) is 42.5 Å². The minimum absolute atomic E-state index is 0.0927. The van der Waals surface area contributed by atoms with E-state index in [1.165, 1.54) is 0 Å². The molecule has 3 rings (SSSR count). The Morgan fingerprint density at radius 3 is 2.30 bits per heavy atom. The summed E-state index contributed by atoms with van der Waals surface area (Å²) in [6, 6.07) is 17.4. The molecule has 1 aromatic heterocycles. The van der Waals surface area contributed by atoms with E-state index in [9.17, 15) is 18.0 Å². The quantitative estimate of drug-likeness (QED) is 0.413. The van der Waals surface area contributed by atoms with E-state index >= 15 is 0 Å². The number of anilines is 1. The van der Waals surface area contributed by atoms with Gasteiger partial charge in [-0.3, -0.25) is 10.1 Å². The molecule has 0 radical (unpaired) electrons. The highest BCUT2D eigenvalue weighted by molar-refractivity contribution is 5.88. The minimum Gasteiger partial charge on any atom is -0.322 e. The first-order chi connectivity index (χ1) is 12.8. The highest BCUT2D eigenvalue weighted by atomic mass is 19.4. The van der Waals surface area contributed by atoms with Gasteiger partial charge in [0.2, 0.25) is 0 Å². The number of alkyl halides is 3. The molecule has 9 heteroatoms. The van der Waals surface area contributed by atoms with Crippen LogP contribution in [0.4, 0.5) is 24.8 Å². The summed E-state index contributed by atoms with van der Waals surface area (Å²) in [6.45, 7) is 0. The van der Waals surface area contributed by atoms with Crippen molar-refractivity contribution in [1.29, 1.82) is 0 Å². The number of nitrogens with zero attached hydrogens (tertiary/aromatic N) is 1. The molecule has 3 aromatic rings. The van der Waals surface area contributed by atoms with Crippen LogP contribution in [0.3, 0.4) is 0 Å². The maximum absolute atomic E-state index is 12.7. The number of benzene rings is 2. The van der Waals surface area contributed by atoms with Crippen LogP contribution in [-0.4, -0.2) is 15.9 Å². The zero-order chi connectivity index (χ0) is 19.4. The smallest absolute Gasteiger partial charge is 0.322 e. The summed E-state index contributed by atoms with van der Waals surface area (Å²) in [6.07, 6.45) is -4.74. The number of guanidine groups is 1. The summed E-state index contributed by atoms with van der Waals surface area (Å²) in [4.78, 5) is 19.2. The summed E-state index contributed by atoms with van der Waals surface area (Å²) in [5.41, 5.74) is 6.14. The van der Waals surface area contributed by atoms with Gasteiger partial charge < -0.3 is 5.73 Å². The maximum Gasteiger partial charge on any atom is 0.443 e. The molecule has 2 aromatic carbocycles. The Hall–Kier alpha value is -3.62. The van der Waals surface area contributed by atoms with E-state index in [0.29, 0.717) is 11.8 Å². The van der Waals surface area contributed by atoms with Gasteiger partial charge in [0, 0.05) is 0 Å². The molecule has 5 N–H and O–H groups in total.